The number of carbonyl (C=O) groups is 1. The number of aromatic nitrogens is 3. The quantitative estimate of drug-likeness (QED) is 0.398. The van der Waals surface area contributed by atoms with Crippen LogP contribution < -0.4 is 16.7 Å². The van der Waals surface area contributed by atoms with E-state index in [0.717, 1.165) is 17.3 Å². The Morgan fingerprint density at radius 2 is 2.10 bits per heavy atom. The Labute approximate surface area is 122 Å². The van der Waals surface area contributed by atoms with Crippen LogP contribution in [0.25, 0.3) is 0 Å². The van der Waals surface area contributed by atoms with E-state index in [-0.39, 0.29) is 16.7 Å². The lowest BCUT2D eigenvalue weighted by atomic mass is 10.2. The van der Waals surface area contributed by atoms with Gasteiger partial charge in [0, 0.05) is 0 Å². The molecule has 108 valence electrons. The topological polar surface area (TPSA) is 120 Å². The highest BCUT2D eigenvalue weighted by molar-refractivity contribution is 7.99. The van der Waals surface area contributed by atoms with E-state index in [4.69, 9.17) is 0 Å². The van der Waals surface area contributed by atoms with Crippen LogP contribution in [0.15, 0.2) is 50.0 Å². The van der Waals surface area contributed by atoms with E-state index in [0.29, 0.717) is 0 Å². The second-order valence-corrected chi connectivity index (χ2v) is 4.77. The number of rotatable bonds is 5. The van der Waals surface area contributed by atoms with Gasteiger partial charge < -0.3 is 0 Å². The highest BCUT2D eigenvalue weighted by atomic mass is 32.2. The second-order valence-electron chi connectivity index (χ2n) is 3.80. The Morgan fingerprint density at radius 3 is 2.81 bits per heavy atom. The maximum absolute atomic E-state index is 11.5. The van der Waals surface area contributed by atoms with E-state index in [2.05, 4.69) is 20.7 Å². The second kappa shape index (κ2) is 7.20. The number of aromatic amines is 2. The first-order valence-corrected chi connectivity index (χ1v) is 6.82. The minimum absolute atomic E-state index is 0.0109. The molecule has 1 amide bonds. The van der Waals surface area contributed by atoms with Crippen molar-refractivity contribution in [2.24, 2.45) is 5.10 Å². The molecule has 0 spiro atoms. The highest BCUT2D eigenvalue weighted by Gasteiger charge is 2.06. The average Bonchev–Trinajstić information content (AvgIpc) is 2.47. The van der Waals surface area contributed by atoms with Crippen LogP contribution in [0, 0.1) is 0 Å². The zero-order valence-corrected chi connectivity index (χ0v) is 11.5. The molecule has 0 aliphatic carbocycles. The molecule has 0 aliphatic rings. The largest absolute Gasteiger partial charge is 0.342 e. The minimum atomic E-state index is -0.693. The Balaban J connectivity index is 1.84. The van der Waals surface area contributed by atoms with Crippen LogP contribution in [0.2, 0.25) is 0 Å². The molecule has 0 unspecified atom stereocenters. The summed E-state index contributed by atoms with van der Waals surface area (Å²) in [6.45, 7) is 0. The first-order chi connectivity index (χ1) is 10.1. The summed E-state index contributed by atoms with van der Waals surface area (Å²) < 4.78 is 0. The summed E-state index contributed by atoms with van der Waals surface area (Å²) in [6, 6.07) is 9.27. The predicted octanol–water partition coefficient (Wildman–Crippen LogP) is -0.299. The van der Waals surface area contributed by atoms with Crippen LogP contribution in [0.4, 0.5) is 0 Å². The zero-order chi connectivity index (χ0) is 15.1. The van der Waals surface area contributed by atoms with Crippen LogP contribution in [0.3, 0.4) is 0 Å². The molecule has 2 aromatic rings. The summed E-state index contributed by atoms with van der Waals surface area (Å²) in [4.78, 5) is 35.6. The van der Waals surface area contributed by atoms with Crippen LogP contribution in [-0.4, -0.2) is 33.1 Å². The first kappa shape index (κ1) is 14.7. The summed E-state index contributed by atoms with van der Waals surface area (Å²) in [5, 5.41) is 9.43. The Hall–Kier alpha value is -2.68. The molecule has 0 atom stereocenters. The van der Waals surface area contributed by atoms with Crippen molar-refractivity contribution in [3.8, 4) is 0 Å². The fourth-order valence-corrected chi connectivity index (χ4v) is 1.94. The fraction of sp³-hybridized carbons (Fsp3) is 0.0833. The third-order valence-corrected chi connectivity index (χ3v) is 3.18. The van der Waals surface area contributed by atoms with Crippen LogP contribution in [-0.2, 0) is 4.79 Å². The van der Waals surface area contributed by atoms with Crippen molar-refractivity contribution in [1.82, 2.24) is 20.6 Å². The zero-order valence-electron chi connectivity index (χ0n) is 10.7. The van der Waals surface area contributed by atoms with Gasteiger partial charge in [-0.25, -0.2) is 15.3 Å². The molecule has 0 radical (unpaired) electrons. The molecule has 2 rings (SSSR count). The normalized spacial score (nSPS) is 10.7. The molecule has 9 heteroatoms. The van der Waals surface area contributed by atoms with Crippen LogP contribution >= 0.6 is 11.8 Å². The molecule has 0 saturated heterocycles. The van der Waals surface area contributed by atoms with Gasteiger partial charge in [-0.2, -0.15) is 10.2 Å². The minimum Gasteiger partial charge on any atom is -0.272 e. The van der Waals surface area contributed by atoms with E-state index >= 15 is 0 Å². The predicted molar refractivity (Wildman–Crippen MR) is 78.4 cm³/mol. The van der Waals surface area contributed by atoms with Gasteiger partial charge in [0.1, 0.15) is 0 Å². The monoisotopic (exact) mass is 305 g/mol. The van der Waals surface area contributed by atoms with Crippen molar-refractivity contribution >= 4 is 23.9 Å². The number of benzene rings is 1. The van der Waals surface area contributed by atoms with E-state index in [9.17, 15) is 14.4 Å². The van der Waals surface area contributed by atoms with Gasteiger partial charge in [0.05, 0.1) is 12.0 Å². The van der Waals surface area contributed by atoms with Crippen molar-refractivity contribution in [3.63, 3.8) is 0 Å². The van der Waals surface area contributed by atoms with Crippen molar-refractivity contribution in [1.29, 1.82) is 0 Å². The Morgan fingerprint density at radius 1 is 1.33 bits per heavy atom. The third kappa shape index (κ3) is 4.73. The van der Waals surface area contributed by atoms with Gasteiger partial charge in [-0.15, -0.1) is 0 Å². The average molecular weight is 305 g/mol. The van der Waals surface area contributed by atoms with Gasteiger partial charge in [0.2, 0.25) is 5.91 Å². The van der Waals surface area contributed by atoms with Gasteiger partial charge in [-0.3, -0.25) is 14.6 Å². The standard InChI is InChI=1S/C12H11N5O3S/c18-9(15-13-6-8-4-2-1-3-5-8)7-21-11-10(19)14-12(20)17-16-11/h1-6H,7H2,(H,15,18)(H2,14,17,19,20)/b13-6-. The van der Waals surface area contributed by atoms with Crippen LogP contribution in [0.5, 0.6) is 0 Å². The molecule has 0 aliphatic heterocycles. The lowest BCUT2D eigenvalue weighted by Crippen LogP contribution is -2.26. The van der Waals surface area contributed by atoms with E-state index in [1.807, 2.05) is 35.3 Å². The Bertz CT molecular complexity index is 753. The summed E-state index contributed by atoms with van der Waals surface area (Å²) in [5.74, 6) is -0.437. The van der Waals surface area contributed by atoms with Gasteiger partial charge in [-0.05, 0) is 5.56 Å². The third-order valence-electron chi connectivity index (χ3n) is 2.22. The molecule has 1 heterocycles. The number of nitrogens with zero attached hydrogens (tertiary/aromatic N) is 2. The molecule has 0 bridgehead atoms. The lowest BCUT2D eigenvalue weighted by Gasteiger charge is -1.98. The van der Waals surface area contributed by atoms with E-state index < -0.39 is 11.2 Å². The van der Waals surface area contributed by atoms with Crippen LogP contribution in [0.1, 0.15) is 5.56 Å². The molecule has 1 aromatic carbocycles. The molecule has 0 fully saturated rings. The summed E-state index contributed by atoms with van der Waals surface area (Å²) in [7, 11) is 0. The summed E-state index contributed by atoms with van der Waals surface area (Å²) in [6.07, 6.45) is 1.51. The number of H-pyrrole nitrogens is 2. The smallest absolute Gasteiger partial charge is 0.272 e. The highest BCUT2D eigenvalue weighted by Crippen LogP contribution is 2.06. The van der Waals surface area contributed by atoms with Crippen molar-refractivity contribution in [2.75, 3.05) is 5.75 Å². The molecular weight excluding hydrogens is 294 g/mol. The van der Waals surface area contributed by atoms with Gasteiger partial charge >= 0.3 is 5.69 Å². The van der Waals surface area contributed by atoms with Crippen molar-refractivity contribution < 1.29 is 4.79 Å². The maximum atomic E-state index is 11.5. The van der Waals surface area contributed by atoms with E-state index in [1.165, 1.54) is 6.21 Å². The van der Waals surface area contributed by atoms with E-state index in [1.54, 1.807) is 0 Å². The molecule has 3 N–H and O–H groups in total. The SMILES string of the molecule is O=C(CSc1n[nH]c(=O)[nH]c1=O)N/N=C\c1ccccc1. The number of carbonyl (C=O) groups excluding carboxylic acids is 1. The summed E-state index contributed by atoms with van der Waals surface area (Å²) >= 11 is 0.899. The number of thioether (sulfide) groups is 1. The lowest BCUT2D eigenvalue weighted by molar-refractivity contribution is -0.118. The number of amides is 1. The molecule has 0 saturated carbocycles. The summed E-state index contributed by atoms with van der Waals surface area (Å²) in [5.41, 5.74) is 1.85. The van der Waals surface area contributed by atoms with Gasteiger partial charge in [0.25, 0.3) is 5.56 Å². The van der Waals surface area contributed by atoms with Crippen molar-refractivity contribution in [3.05, 3.63) is 56.7 Å². The number of hydrogen-bond acceptors (Lipinski definition) is 6. The molecule has 1 aromatic heterocycles. The fourth-order valence-electron chi connectivity index (χ4n) is 1.32. The maximum Gasteiger partial charge on any atom is 0.342 e. The Kier molecular flexibility index (Phi) is 5.04. The molecule has 8 nitrogen and oxygen atoms in total. The number of nitrogens with one attached hydrogen (secondary N) is 3. The number of hydrogen-bond donors (Lipinski definition) is 3. The van der Waals surface area contributed by atoms with Crippen molar-refractivity contribution in [2.45, 2.75) is 5.03 Å². The molecular formula is C12H11N5O3S. The van der Waals surface area contributed by atoms with Gasteiger partial charge in [0.15, 0.2) is 5.03 Å². The first-order valence-electron chi connectivity index (χ1n) is 5.84. The number of hydrazone groups is 1. The van der Waals surface area contributed by atoms with Gasteiger partial charge in [-0.1, -0.05) is 42.1 Å². The molecule has 21 heavy (non-hydrogen) atoms.